The highest BCUT2D eigenvalue weighted by molar-refractivity contribution is 6.03. The Hall–Kier alpha value is -1.39. The van der Waals surface area contributed by atoms with Crippen LogP contribution in [0.5, 0.6) is 0 Å². The molecule has 1 fully saturated rings. The number of nitrogens with zero attached hydrogens (tertiary/aromatic N) is 1. The van der Waals surface area contributed by atoms with Gasteiger partial charge in [0.2, 0.25) is 11.8 Å². The lowest BCUT2D eigenvalue weighted by Crippen LogP contribution is -2.33. The van der Waals surface area contributed by atoms with E-state index < -0.39 is 0 Å². The van der Waals surface area contributed by atoms with E-state index in [1.165, 1.54) is 4.90 Å². The number of unbranched alkanes of at least 4 members (excludes halogenated alkanes) is 1. The van der Waals surface area contributed by atoms with E-state index in [1.54, 1.807) is 0 Å². The fraction of sp³-hybridized carbons (Fsp3) is 0.889. The maximum absolute atomic E-state index is 12.3. The summed E-state index contributed by atoms with van der Waals surface area (Å²) in [4.78, 5) is 37.9. The maximum Gasteiger partial charge on any atom is 0.233 e. The Morgan fingerprint density at radius 3 is 2.14 bits per heavy atom. The highest BCUT2D eigenvalue weighted by atomic mass is 16.5. The number of hydrogen-bond donors (Lipinski definition) is 4. The molecule has 4 N–H and O–H groups in total. The zero-order valence-corrected chi connectivity index (χ0v) is 22.3. The number of rotatable bonds is 22. The first-order valence-electron chi connectivity index (χ1n) is 13.7. The van der Waals surface area contributed by atoms with Crippen LogP contribution in [0.2, 0.25) is 0 Å². The molecule has 4 unspecified atom stereocenters. The molecule has 0 saturated carbocycles. The van der Waals surface area contributed by atoms with Gasteiger partial charge in [0.05, 0.1) is 0 Å². The first-order chi connectivity index (χ1) is 17.3. The second-order valence-corrected chi connectivity index (χ2v) is 10.3. The number of amides is 2. The van der Waals surface area contributed by atoms with Crippen LogP contribution in [-0.2, 0) is 19.1 Å². The minimum absolute atomic E-state index is 0.0102. The minimum Gasteiger partial charge on any atom is -0.396 e. The SMILES string of the molecule is CC(C)C1CC(=O)N(CCC(=O)CCCCOCC(CCO)C(CCO)C(CCO)CCCO)C1=O. The monoisotopic (exact) mass is 515 g/mol. The van der Waals surface area contributed by atoms with Gasteiger partial charge in [-0.05, 0) is 68.6 Å². The third kappa shape index (κ3) is 11.3. The van der Waals surface area contributed by atoms with Crippen molar-refractivity contribution in [3.8, 4) is 0 Å². The van der Waals surface area contributed by atoms with Gasteiger partial charge in [-0.1, -0.05) is 13.8 Å². The van der Waals surface area contributed by atoms with Crippen LogP contribution in [0, 0.1) is 29.6 Å². The third-order valence-electron chi connectivity index (χ3n) is 7.43. The fourth-order valence-corrected chi connectivity index (χ4v) is 5.27. The summed E-state index contributed by atoms with van der Waals surface area (Å²) >= 11 is 0. The number of aliphatic hydroxyl groups is 4. The van der Waals surface area contributed by atoms with Gasteiger partial charge in [0, 0.05) is 71.4 Å². The van der Waals surface area contributed by atoms with Crippen molar-refractivity contribution in [1.82, 2.24) is 4.90 Å². The first-order valence-corrected chi connectivity index (χ1v) is 13.7. The van der Waals surface area contributed by atoms with Gasteiger partial charge in [-0.2, -0.15) is 0 Å². The Bertz CT molecular complexity index is 641. The molecular weight excluding hydrogens is 466 g/mol. The Balaban J connectivity index is 2.39. The summed E-state index contributed by atoms with van der Waals surface area (Å²) in [5, 5.41) is 37.8. The molecule has 210 valence electrons. The van der Waals surface area contributed by atoms with Gasteiger partial charge in [0.1, 0.15) is 5.78 Å². The number of ketones is 1. The van der Waals surface area contributed by atoms with Crippen molar-refractivity contribution in [3.05, 3.63) is 0 Å². The van der Waals surface area contributed by atoms with E-state index in [0.717, 1.165) is 6.42 Å². The lowest BCUT2D eigenvalue weighted by Gasteiger charge is -2.33. The molecule has 0 aromatic heterocycles. The van der Waals surface area contributed by atoms with Crippen molar-refractivity contribution < 1.29 is 39.5 Å². The van der Waals surface area contributed by atoms with Gasteiger partial charge in [-0.3, -0.25) is 19.3 Å². The molecular formula is C27H49NO8. The van der Waals surface area contributed by atoms with Gasteiger partial charge in [-0.15, -0.1) is 0 Å². The zero-order valence-electron chi connectivity index (χ0n) is 22.3. The second-order valence-electron chi connectivity index (χ2n) is 10.3. The Kier molecular flexibility index (Phi) is 17.0. The van der Waals surface area contributed by atoms with Crippen LogP contribution in [0.1, 0.15) is 78.1 Å². The van der Waals surface area contributed by atoms with Crippen molar-refractivity contribution in [1.29, 1.82) is 0 Å². The first kappa shape index (κ1) is 32.6. The molecule has 1 rings (SSSR count). The largest absolute Gasteiger partial charge is 0.396 e. The number of ether oxygens (including phenoxy) is 1. The van der Waals surface area contributed by atoms with E-state index in [9.17, 15) is 34.8 Å². The van der Waals surface area contributed by atoms with Crippen molar-refractivity contribution in [2.24, 2.45) is 29.6 Å². The van der Waals surface area contributed by atoms with Crippen molar-refractivity contribution in [3.63, 3.8) is 0 Å². The summed E-state index contributed by atoms with van der Waals surface area (Å²) in [6.07, 6.45) is 5.21. The molecule has 4 atom stereocenters. The summed E-state index contributed by atoms with van der Waals surface area (Å²) in [5.41, 5.74) is 0. The average Bonchev–Trinajstić information content (AvgIpc) is 3.14. The van der Waals surface area contributed by atoms with Crippen molar-refractivity contribution in [2.75, 3.05) is 46.2 Å². The molecule has 1 aliphatic heterocycles. The van der Waals surface area contributed by atoms with Gasteiger partial charge >= 0.3 is 0 Å². The van der Waals surface area contributed by atoms with Crippen LogP contribution >= 0.6 is 0 Å². The average molecular weight is 516 g/mol. The lowest BCUT2D eigenvalue weighted by molar-refractivity contribution is -0.140. The minimum atomic E-state index is -0.273. The van der Waals surface area contributed by atoms with Gasteiger partial charge in [0.25, 0.3) is 0 Å². The highest BCUT2D eigenvalue weighted by Crippen LogP contribution is 2.33. The topological polar surface area (TPSA) is 145 Å². The molecule has 1 saturated heterocycles. The van der Waals surface area contributed by atoms with E-state index >= 15 is 0 Å². The molecule has 2 amide bonds. The summed E-state index contributed by atoms with van der Waals surface area (Å²) in [6, 6.07) is 0. The predicted octanol–water partition coefficient (Wildman–Crippen LogP) is 1.93. The molecule has 0 spiro atoms. The second kappa shape index (κ2) is 18.8. The molecule has 9 nitrogen and oxygen atoms in total. The zero-order chi connectivity index (χ0) is 26.9. The Morgan fingerprint density at radius 1 is 0.889 bits per heavy atom. The third-order valence-corrected chi connectivity index (χ3v) is 7.43. The fourth-order valence-electron chi connectivity index (χ4n) is 5.27. The standard InChI is InChI=1S/C27H49NO8/c1-20(2)25-18-26(34)28(27(25)35)12-8-23(33)7-3-4-17-36-19-22(10-15-31)24(11-16-32)21(9-14-30)6-5-13-29/h20-22,24-25,29-32H,3-19H2,1-2H3. The number of carbonyl (C=O) groups is 3. The summed E-state index contributed by atoms with van der Waals surface area (Å²) < 4.78 is 5.88. The smallest absolute Gasteiger partial charge is 0.233 e. The number of Topliss-reactive ketones (excluding diaryl/α,β-unsaturated/α-hetero) is 1. The molecule has 1 aliphatic rings. The number of likely N-dealkylation sites (tertiary alicyclic amines) is 1. The van der Waals surface area contributed by atoms with Crippen molar-refractivity contribution >= 4 is 17.6 Å². The van der Waals surface area contributed by atoms with Crippen molar-refractivity contribution in [2.45, 2.75) is 78.1 Å². The van der Waals surface area contributed by atoms with Gasteiger partial charge in [0.15, 0.2) is 0 Å². The molecule has 1 heterocycles. The van der Waals surface area contributed by atoms with Gasteiger partial charge < -0.3 is 25.2 Å². The summed E-state index contributed by atoms with van der Waals surface area (Å²) in [7, 11) is 0. The van der Waals surface area contributed by atoms with E-state index in [-0.39, 0.29) is 93.0 Å². The van der Waals surface area contributed by atoms with Gasteiger partial charge in [-0.25, -0.2) is 0 Å². The van der Waals surface area contributed by atoms with Crippen LogP contribution in [0.15, 0.2) is 0 Å². The Morgan fingerprint density at radius 2 is 1.56 bits per heavy atom. The summed E-state index contributed by atoms with van der Waals surface area (Å²) in [6.45, 7) is 5.06. The molecule has 0 radical (unpaired) electrons. The van der Waals surface area contributed by atoms with E-state index in [0.29, 0.717) is 58.2 Å². The van der Waals surface area contributed by atoms with E-state index in [2.05, 4.69) is 0 Å². The molecule has 0 aliphatic carbocycles. The lowest BCUT2D eigenvalue weighted by atomic mass is 9.75. The normalized spacial score (nSPS) is 18.8. The predicted molar refractivity (Wildman–Crippen MR) is 136 cm³/mol. The number of carbonyl (C=O) groups excluding carboxylic acids is 3. The van der Waals surface area contributed by atoms with Crippen LogP contribution < -0.4 is 0 Å². The molecule has 0 aromatic carbocycles. The summed E-state index contributed by atoms with van der Waals surface area (Å²) in [5.74, 6) is -0.236. The Labute approximate surface area is 216 Å². The highest BCUT2D eigenvalue weighted by Gasteiger charge is 2.39. The molecule has 0 aromatic rings. The van der Waals surface area contributed by atoms with Crippen LogP contribution in [0.25, 0.3) is 0 Å². The van der Waals surface area contributed by atoms with E-state index in [1.807, 2.05) is 13.8 Å². The molecule has 0 bridgehead atoms. The number of hydrogen-bond acceptors (Lipinski definition) is 8. The number of aliphatic hydroxyl groups excluding tert-OH is 4. The van der Waals surface area contributed by atoms with Crippen LogP contribution in [0.4, 0.5) is 0 Å². The maximum atomic E-state index is 12.3. The van der Waals surface area contributed by atoms with Crippen LogP contribution in [0.3, 0.4) is 0 Å². The quantitative estimate of drug-likeness (QED) is 0.126. The van der Waals surface area contributed by atoms with Crippen LogP contribution in [-0.4, -0.2) is 89.1 Å². The molecule has 9 heteroatoms. The molecule has 36 heavy (non-hydrogen) atoms. The van der Waals surface area contributed by atoms with E-state index in [4.69, 9.17) is 4.74 Å². The number of imide groups is 1.